The predicted octanol–water partition coefficient (Wildman–Crippen LogP) is 6.06. The van der Waals surface area contributed by atoms with Gasteiger partial charge in [-0.3, -0.25) is 4.79 Å². The fourth-order valence-corrected chi connectivity index (χ4v) is 11.7. The fourth-order valence-electron chi connectivity index (χ4n) is 11.7. The highest BCUT2D eigenvalue weighted by molar-refractivity contribution is 5.76. The van der Waals surface area contributed by atoms with E-state index in [2.05, 4.69) is 48.1 Å². The van der Waals surface area contributed by atoms with Gasteiger partial charge >= 0.3 is 5.97 Å². The van der Waals surface area contributed by atoms with E-state index in [1.54, 1.807) is 0 Å². The van der Waals surface area contributed by atoms with Crippen LogP contribution in [0.1, 0.15) is 99.3 Å². The molecule has 0 unspecified atom stereocenters. The molecule has 11 atom stereocenters. The Balaban J connectivity index is 1.57. The van der Waals surface area contributed by atoms with Crippen molar-refractivity contribution in [2.75, 3.05) is 0 Å². The van der Waals surface area contributed by atoms with E-state index in [1.807, 2.05) is 0 Å². The summed E-state index contributed by atoms with van der Waals surface area (Å²) in [6.07, 6.45) is 7.32. The summed E-state index contributed by atoms with van der Waals surface area (Å²) in [4.78, 5) is 12.8. The molecule has 4 nitrogen and oxygen atoms in total. The first-order valence-corrected chi connectivity index (χ1v) is 13.9. The average molecular weight is 473 g/mol. The number of hydrogen-bond donors (Lipinski definition) is 3. The van der Waals surface area contributed by atoms with Gasteiger partial charge in [0, 0.05) is 0 Å². The summed E-state index contributed by atoms with van der Waals surface area (Å²) in [6, 6.07) is 0. The predicted molar refractivity (Wildman–Crippen MR) is 134 cm³/mol. The number of carboxylic acid groups (broad SMARTS) is 1. The maximum Gasteiger partial charge on any atom is 0.309 e. The maximum atomic E-state index is 12.8. The van der Waals surface area contributed by atoms with E-state index in [1.165, 1.54) is 5.57 Å². The molecule has 0 radical (unpaired) electrons. The van der Waals surface area contributed by atoms with Gasteiger partial charge in [-0.2, -0.15) is 0 Å². The summed E-state index contributed by atoms with van der Waals surface area (Å²) in [5.41, 5.74) is 0.501. The number of carbonyl (C=O) groups is 1. The molecular formula is C30H48O4. The van der Waals surface area contributed by atoms with Crippen LogP contribution in [-0.2, 0) is 4.79 Å². The van der Waals surface area contributed by atoms with Crippen molar-refractivity contribution < 1.29 is 20.1 Å². The van der Waals surface area contributed by atoms with Crippen LogP contribution in [0.15, 0.2) is 12.2 Å². The van der Waals surface area contributed by atoms with Gasteiger partial charge in [0.15, 0.2) is 0 Å². The van der Waals surface area contributed by atoms with E-state index < -0.39 is 23.6 Å². The first kappa shape index (κ1) is 24.8. The standard InChI is InChI=1S/C30H48O4/c1-17(2)18-10-13-30(25(33)34)15-14-28(6)19(23(18)30)8-9-22-27(5)16-20(31)24(32)26(3,4)21(27)11-12-29(22,28)7/h18-24,31-32H,1,8-16H2,2-7H3,(H,33,34)/t18-,19+,20+,21-,22+,23+,24-,27-,28+,29+,30-/m1/s1. The summed E-state index contributed by atoms with van der Waals surface area (Å²) in [5.74, 6) is 1.24. The molecule has 5 aliphatic rings. The molecule has 0 aromatic carbocycles. The monoisotopic (exact) mass is 472 g/mol. The number of fused-ring (bicyclic) bond motifs is 7. The van der Waals surface area contributed by atoms with Crippen molar-refractivity contribution in [1.82, 2.24) is 0 Å². The summed E-state index contributed by atoms with van der Waals surface area (Å²) >= 11 is 0. The molecule has 5 aliphatic carbocycles. The molecule has 0 spiro atoms. The second kappa shape index (κ2) is 7.34. The van der Waals surface area contributed by atoms with Gasteiger partial charge in [0.1, 0.15) is 0 Å². The van der Waals surface area contributed by atoms with Gasteiger partial charge in [-0.1, -0.05) is 46.8 Å². The van der Waals surface area contributed by atoms with E-state index in [0.29, 0.717) is 30.1 Å². The fraction of sp³-hybridized carbons (Fsp3) is 0.900. The normalized spacial score (nSPS) is 55.9. The summed E-state index contributed by atoms with van der Waals surface area (Å²) in [5, 5.41) is 32.4. The minimum atomic E-state index is -0.669. The number of rotatable bonds is 2. The second-order valence-corrected chi connectivity index (χ2v) is 14.7. The molecule has 4 heteroatoms. The van der Waals surface area contributed by atoms with E-state index in [4.69, 9.17) is 0 Å². The van der Waals surface area contributed by atoms with E-state index in [0.717, 1.165) is 51.4 Å². The molecule has 5 fully saturated rings. The number of hydrogen-bond acceptors (Lipinski definition) is 3. The van der Waals surface area contributed by atoms with Gasteiger partial charge in [-0.25, -0.2) is 0 Å². The molecule has 0 amide bonds. The minimum absolute atomic E-state index is 0.00606. The van der Waals surface area contributed by atoms with Crippen LogP contribution >= 0.6 is 0 Å². The van der Waals surface area contributed by atoms with Crippen molar-refractivity contribution >= 4 is 5.97 Å². The third-order valence-electron chi connectivity index (χ3n) is 13.4. The SMILES string of the molecule is C=C(C)[C@H]1CC[C@@]2(C(=O)O)CC[C@@]3(C)[C@@H](CC[C@H]4[C@]5(C)C[C@H](O)[C@@H](O)C(C)(C)[C@H]5CC[C@@]43C)[C@H]12. The zero-order chi connectivity index (χ0) is 25.1. The van der Waals surface area contributed by atoms with E-state index in [9.17, 15) is 20.1 Å². The zero-order valence-electron chi connectivity index (χ0n) is 22.4. The number of aliphatic hydroxyl groups is 2. The third kappa shape index (κ3) is 2.76. The zero-order valence-corrected chi connectivity index (χ0v) is 22.4. The van der Waals surface area contributed by atoms with Crippen molar-refractivity contribution in [3.63, 3.8) is 0 Å². The van der Waals surface area contributed by atoms with Crippen molar-refractivity contribution in [3.8, 4) is 0 Å². The van der Waals surface area contributed by atoms with Crippen LogP contribution in [0, 0.1) is 56.7 Å². The first-order chi connectivity index (χ1) is 15.7. The van der Waals surface area contributed by atoms with Gasteiger partial charge in [0.2, 0.25) is 0 Å². The van der Waals surface area contributed by atoms with E-state index >= 15 is 0 Å². The Bertz CT molecular complexity index is 894. The van der Waals surface area contributed by atoms with E-state index in [-0.39, 0.29) is 27.6 Å². The number of aliphatic carboxylic acids is 1. The van der Waals surface area contributed by atoms with Crippen LogP contribution in [0.4, 0.5) is 0 Å². The van der Waals surface area contributed by atoms with Crippen molar-refractivity contribution in [2.24, 2.45) is 56.7 Å². The molecule has 0 aliphatic heterocycles. The molecule has 0 aromatic rings. The lowest BCUT2D eigenvalue weighted by atomic mass is 9.32. The molecule has 5 rings (SSSR count). The lowest BCUT2D eigenvalue weighted by Crippen LogP contribution is -2.68. The van der Waals surface area contributed by atoms with Crippen LogP contribution < -0.4 is 0 Å². The van der Waals surface area contributed by atoms with Gasteiger partial charge in [-0.15, -0.1) is 0 Å². The molecule has 0 bridgehead atoms. The van der Waals surface area contributed by atoms with Gasteiger partial charge in [0.05, 0.1) is 17.6 Å². The number of allylic oxidation sites excluding steroid dienone is 1. The minimum Gasteiger partial charge on any atom is -0.481 e. The van der Waals surface area contributed by atoms with Crippen molar-refractivity contribution in [3.05, 3.63) is 12.2 Å². The highest BCUT2D eigenvalue weighted by Gasteiger charge is 2.72. The second-order valence-electron chi connectivity index (χ2n) is 14.7. The van der Waals surface area contributed by atoms with Gasteiger partial charge in [0.25, 0.3) is 0 Å². The average Bonchev–Trinajstić information content (AvgIpc) is 3.14. The quantitative estimate of drug-likeness (QED) is 0.427. The molecule has 192 valence electrons. The van der Waals surface area contributed by atoms with Crippen molar-refractivity contribution in [2.45, 2.75) is 112 Å². The van der Waals surface area contributed by atoms with Gasteiger partial charge in [-0.05, 0) is 116 Å². The lowest BCUT2D eigenvalue weighted by Gasteiger charge is -2.73. The Morgan fingerprint density at radius 2 is 1.53 bits per heavy atom. The Morgan fingerprint density at radius 3 is 2.15 bits per heavy atom. The Hall–Kier alpha value is -0.870. The molecule has 5 saturated carbocycles. The largest absolute Gasteiger partial charge is 0.481 e. The van der Waals surface area contributed by atoms with Crippen LogP contribution in [0.2, 0.25) is 0 Å². The Labute approximate surface area is 206 Å². The first-order valence-electron chi connectivity index (χ1n) is 13.9. The number of aliphatic hydroxyl groups excluding tert-OH is 2. The highest BCUT2D eigenvalue weighted by Crippen LogP contribution is 2.77. The highest BCUT2D eigenvalue weighted by atomic mass is 16.4. The molecule has 0 heterocycles. The lowest BCUT2D eigenvalue weighted by molar-refractivity contribution is -0.263. The Kier molecular flexibility index (Phi) is 5.36. The van der Waals surface area contributed by atoms with Gasteiger partial charge < -0.3 is 15.3 Å². The maximum absolute atomic E-state index is 12.8. The van der Waals surface area contributed by atoms with Crippen LogP contribution in [0.5, 0.6) is 0 Å². The van der Waals surface area contributed by atoms with Crippen LogP contribution in [0.25, 0.3) is 0 Å². The molecule has 34 heavy (non-hydrogen) atoms. The third-order valence-corrected chi connectivity index (χ3v) is 13.4. The molecule has 0 saturated heterocycles. The Morgan fingerprint density at radius 1 is 0.853 bits per heavy atom. The van der Waals surface area contributed by atoms with Crippen molar-refractivity contribution in [1.29, 1.82) is 0 Å². The van der Waals surface area contributed by atoms with Crippen LogP contribution in [-0.4, -0.2) is 33.5 Å². The smallest absolute Gasteiger partial charge is 0.309 e. The molecule has 0 aromatic heterocycles. The van der Waals surface area contributed by atoms with Crippen LogP contribution in [0.3, 0.4) is 0 Å². The summed E-state index contributed by atoms with van der Waals surface area (Å²) in [6.45, 7) is 18.2. The number of carboxylic acids is 1. The molecule has 3 N–H and O–H groups in total. The summed E-state index contributed by atoms with van der Waals surface area (Å²) < 4.78 is 0. The molecular weight excluding hydrogens is 424 g/mol. The summed E-state index contributed by atoms with van der Waals surface area (Å²) in [7, 11) is 0. The topological polar surface area (TPSA) is 77.8 Å².